The lowest BCUT2D eigenvalue weighted by Crippen LogP contribution is -2.63. The van der Waals surface area contributed by atoms with Crippen LogP contribution in [0.4, 0.5) is 4.39 Å². The molecule has 0 radical (unpaired) electrons. The van der Waals surface area contributed by atoms with E-state index in [1.165, 1.54) is 29.1 Å². The maximum Gasteiger partial charge on any atom is 0.278 e. The molecule has 2 aromatic rings. The standard InChI is InChI=1S/C21H22ClFN4O4/c1-2-25-16-8-3-4-9-26(16)27-11-13(18(28)19(29)17(27)21(25)31)20(30)24-10-12-14(22)6-5-7-15(12)23/h5-7,11,16,29H,2-4,8-10H2,1H3,(H,24,30)/t16-/m0/s1. The van der Waals surface area contributed by atoms with Crippen LogP contribution in [-0.4, -0.2) is 45.8 Å². The Morgan fingerprint density at radius 2 is 2.10 bits per heavy atom. The zero-order valence-corrected chi connectivity index (χ0v) is 17.7. The lowest BCUT2D eigenvalue weighted by molar-refractivity contribution is 0.0534. The van der Waals surface area contributed by atoms with E-state index >= 15 is 0 Å². The van der Waals surface area contributed by atoms with Crippen LogP contribution < -0.4 is 15.8 Å². The van der Waals surface area contributed by atoms with E-state index < -0.39 is 28.8 Å². The van der Waals surface area contributed by atoms with Gasteiger partial charge < -0.3 is 15.3 Å². The van der Waals surface area contributed by atoms with Crippen LogP contribution in [0, 0.1) is 5.82 Å². The Morgan fingerprint density at radius 1 is 1.32 bits per heavy atom. The van der Waals surface area contributed by atoms with Gasteiger partial charge in [0, 0.05) is 36.4 Å². The highest BCUT2D eigenvalue weighted by atomic mass is 35.5. The maximum absolute atomic E-state index is 14.0. The van der Waals surface area contributed by atoms with Gasteiger partial charge in [0.05, 0.1) is 0 Å². The Balaban J connectivity index is 1.71. The van der Waals surface area contributed by atoms with Gasteiger partial charge in [-0.3, -0.25) is 24.1 Å². The van der Waals surface area contributed by atoms with Gasteiger partial charge in [0.25, 0.3) is 11.8 Å². The van der Waals surface area contributed by atoms with E-state index in [0.717, 1.165) is 19.3 Å². The number of hydrogen-bond acceptors (Lipinski definition) is 5. The molecule has 1 aromatic carbocycles. The third kappa shape index (κ3) is 3.52. The minimum Gasteiger partial charge on any atom is -0.502 e. The predicted octanol–water partition coefficient (Wildman–Crippen LogP) is 2.20. The highest BCUT2D eigenvalue weighted by Crippen LogP contribution is 2.29. The molecule has 1 saturated heterocycles. The maximum atomic E-state index is 14.0. The Labute approximate surface area is 182 Å². The molecule has 31 heavy (non-hydrogen) atoms. The molecule has 2 amide bonds. The van der Waals surface area contributed by atoms with E-state index in [-0.39, 0.29) is 34.6 Å². The normalized spacial score (nSPS) is 17.9. The molecule has 8 nitrogen and oxygen atoms in total. The molecule has 3 heterocycles. The van der Waals surface area contributed by atoms with Crippen LogP contribution in [0.15, 0.2) is 29.2 Å². The van der Waals surface area contributed by atoms with Crippen molar-refractivity contribution in [1.29, 1.82) is 0 Å². The summed E-state index contributed by atoms with van der Waals surface area (Å²) in [5, 5.41) is 15.1. The summed E-state index contributed by atoms with van der Waals surface area (Å²) in [6.45, 7) is 2.64. The molecule has 0 unspecified atom stereocenters. The topological polar surface area (TPSA) is 94.9 Å². The highest BCUT2D eigenvalue weighted by molar-refractivity contribution is 6.31. The van der Waals surface area contributed by atoms with Crippen molar-refractivity contribution in [3.63, 3.8) is 0 Å². The van der Waals surface area contributed by atoms with Gasteiger partial charge in [-0.15, -0.1) is 0 Å². The fourth-order valence-corrected chi connectivity index (χ4v) is 4.44. The van der Waals surface area contributed by atoms with Gasteiger partial charge in [-0.05, 0) is 38.3 Å². The van der Waals surface area contributed by atoms with Crippen molar-refractivity contribution in [2.45, 2.75) is 38.9 Å². The first-order valence-corrected chi connectivity index (χ1v) is 10.5. The van der Waals surface area contributed by atoms with Gasteiger partial charge in [-0.2, -0.15) is 0 Å². The molecular formula is C21H22ClFN4O4. The molecule has 1 atom stereocenters. The lowest BCUT2D eigenvalue weighted by atomic mass is 10.1. The summed E-state index contributed by atoms with van der Waals surface area (Å²) in [6, 6.07) is 4.16. The van der Waals surface area contributed by atoms with Gasteiger partial charge in [0.1, 0.15) is 17.5 Å². The summed E-state index contributed by atoms with van der Waals surface area (Å²) in [6.07, 6.45) is 3.64. The molecule has 0 aliphatic carbocycles. The van der Waals surface area contributed by atoms with Crippen LogP contribution in [0.25, 0.3) is 0 Å². The second-order valence-corrected chi connectivity index (χ2v) is 7.93. The summed E-state index contributed by atoms with van der Waals surface area (Å²) in [5.41, 5.74) is -1.36. The first-order chi connectivity index (χ1) is 14.8. The number of hydrogen-bond donors (Lipinski definition) is 2. The van der Waals surface area contributed by atoms with Crippen molar-refractivity contribution in [1.82, 2.24) is 14.9 Å². The highest BCUT2D eigenvalue weighted by Gasteiger charge is 2.40. The molecule has 0 saturated carbocycles. The van der Waals surface area contributed by atoms with Crippen molar-refractivity contribution in [2.75, 3.05) is 18.1 Å². The van der Waals surface area contributed by atoms with E-state index in [9.17, 15) is 23.9 Å². The molecule has 164 valence electrons. The number of nitrogens with zero attached hydrogens (tertiary/aromatic N) is 3. The Kier molecular flexibility index (Phi) is 5.62. The fourth-order valence-electron chi connectivity index (χ4n) is 4.21. The molecular weight excluding hydrogens is 427 g/mol. The van der Waals surface area contributed by atoms with E-state index in [1.54, 1.807) is 4.90 Å². The molecule has 2 N–H and O–H groups in total. The molecule has 1 aromatic heterocycles. The molecule has 0 bridgehead atoms. The average molecular weight is 449 g/mol. The molecule has 4 rings (SSSR count). The molecule has 1 fully saturated rings. The van der Waals surface area contributed by atoms with E-state index in [1.807, 2.05) is 11.9 Å². The number of benzene rings is 1. The van der Waals surface area contributed by atoms with Gasteiger partial charge >= 0.3 is 0 Å². The van der Waals surface area contributed by atoms with Crippen LogP contribution >= 0.6 is 11.6 Å². The van der Waals surface area contributed by atoms with Gasteiger partial charge in [0.15, 0.2) is 11.4 Å². The molecule has 0 spiro atoms. The van der Waals surface area contributed by atoms with Gasteiger partial charge in [-0.1, -0.05) is 17.7 Å². The number of pyridine rings is 1. The Hall–Kier alpha value is -3.07. The SMILES string of the molecule is CCN1C(=O)c2c(O)c(=O)c(C(=O)NCc3c(F)cccc3Cl)cn2N2CCCC[C@@H]12. The van der Waals surface area contributed by atoms with Crippen molar-refractivity contribution in [3.8, 4) is 5.75 Å². The number of amides is 2. The number of fused-ring (bicyclic) bond motifs is 3. The zero-order valence-electron chi connectivity index (χ0n) is 16.9. The molecule has 2 aliphatic heterocycles. The number of rotatable bonds is 4. The number of halogens is 2. The van der Waals surface area contributed by atoms with E-state index in [0.29, 0.717) is 13.1 Å². The average Bonchev–Trinajstić information content (AvgIpc) is 2.75. The monoisotopic (exact) mass is 448 g/mol. The van der Waals surface area contributed by atoms with E-state index in [4.69, 9.17) is 11.6 Å². The summed E-state index contributed by atoms with van der Waals surface area (Å²) in [5.74, 6) is -2.61. The largest absolute Gasteiger partial charge is 0.502 e. The van der Waals surface area contributed by atoms with Crippen molar-refractivity contribution < 1.29 is 19.1 Å². The number of carbonyl (C=O) groups excluding carboxylic acids is 2. The Bertz CT molecular complexity index is 1100. The van der Waals surface area contributed by atoms with Gasteiger partial charge in [0.2, 0.25) is 5.43 Å². The number of nitrogens with one attached hydrogen (secondary N) is 1. The molecule has 10 heteroatoms. The van der Waals surface area contributed by atoms with Crippen LogP contribution in [0.1, 0.15) is 52.6 Å². The quantitative estimate of drug-likeness (QED) is 0.747. The third-order valence-corrected chi connectivity index (χ3v) is 6.13. The lowest BCUT2D eigenvalue weighted by Gasteiger charge is -2.48. The number of carbonyl (C=O) groups is 2. The summed E-state index contributed by atoms with van der Waals surface area (Å²) < 4.78 is 15.4. The third-order valence-electron chi connectivity index (χ3n) is 5.78. The smallest absolute Gasteiger partial charge is 0.278 e. The zero-order chi connectivity index (χ0) is 22.3. The van der Waals surface area contributed by atoms with Crippen molar-refractivity contribution in [2.24, 2.45) is 0 Å². The second kappa shape index (κ2) is 8.22. The van der Waals surface area contributed by atoms with Crippen molar-refractivity contribution in [3.05, 3.63) is 62.3 Å². The Morgan fingerprint density at radius 3 is 2.81 bits per heavy atom. The van der Waals surface area contributed by atoms with Crippen LogP contribution in [0.2, 0.25) is 5.02 Å². The summed E-state index contributed by atoms with van der Waals surface area (Å²) in [4.78, 5) is 40.0. The number of piperidine rings is 1. The first kappa shape index (κ1) is 21.2. The summed E-state index contributed by atoms with van der Waals surface area (Å²) in [7, 11) is 0. The van der Waals surface area contributed by atoms with E-state index in [2.05, 4.69) is 5.32 Å². The predicted molar refractivity (Wildman–Crippen MR) is 112 cm³/mol. The second-order valence-electron chi connectivity index (χ2n) is 7.53. The number of aromatic nitrogens is 1. The molecule has 2 aliphatic rings. The van der Waals surface area contributed by atoms with Crippen LogP contribution in [0.5, 0.6) is 5.75 Å². The number of aromatic hydroxyl groups is 1. The first-order valence-electron chi connectivity index (χ1n) is 10.1. The minimum atomic E-state index is -0.955. The van der Waals surface area contributed by atoms with Crippen molar-refractivity contribution >= 4 is 23.4 Å². The summed E-state index contributed by atoms with van der Waals surface area (Å²) >= 11 is 5.98. The fraction of sp³-hybridized carbons (Fsp3) is 0.381. The van der Waals surface area contributed by atoms with Crippen LogP contribution in [0.3, 0.4) is 0 Å². The van der Waals surface area contributed by atoms with Gasteiger partial charge in [-0.25, -0.2) is 4.39 Å². The van der Waals surface area contributed by atoms with Crippen LogP contribution in [-0.2, 0) is 6.54 Å². The minimum absolute atomic E-state index is 0.0876.